The van der Waals surface area contributed by atoms with Gasteiger partial charge in [0, 0.05) is 31.3 Å². The highest BCUT2D eigenvalue weighted by Gasteiger charge is 2.22. The quantitative estimate of drug-likeness (QED) is 0.777. The molecule has 3 aromatic rings. The van der Waals surface area contributed by atoms with Gasteiger partial charge in [0.25, 0.3) is 5.91 Å². The van der Waals surface area contributed by atoms with Crippen LogP contribution in [0.15, 0.2) is 55.4 Å². The molecule has 7 heteroatoms. The van der Waals surface area contributed by atoms with E-state index in [1.165, 1.54) is 0 Å². The smallest absolute Gasteiger partial charge is 0.254 e. The number of hydrogen-bond donors (Lipinski definition) is 1. The van der Waals surface area contributed by atoms with Gasteiger partial charge < -0.3 is 5.32 Å². The van der Waals surface area contributed by atoms with E-state index in [0.717, 1.165) is 5.69 Å². The van der Waals surface area contributed by atoms with Crippen LogP contribution in [0.4, 0.5) is 0 Å². The summed E-state index contributed by atoms with van der Waals surface area (Å²) in [5, 5.41) is 11.3. The predicted octanol–water partition coefficient (Wildman–Crippen LogP) is 1.63. The molecule has 0 fully saturated rings. The summed E-state index contributed by atoms with van der Waals surface area (Å²) >= 11 is 0. The molecule has 0 saturated heterocycles. The van der Waals surface area contributed by atoms with Gasteiger partial charge >= 0.3 is 0 Å². The maximum Gasteiger partial charge on any atom is 0.254 e. The molecule has 1 N–H and O–H groups in total. The van der Waals surface area contributed by atoms with E-state index in [4.69, 9.17) is 0 Å². The number of amides is 1. The maximum absolute atomic E-state index is 12.3. The first-order chi connectivity index (χ1) is 11.1. The molecule has 0 bridgehead atoms. The van der Waals surface area contributed by atoms with Gasteiger partial charge in [-0.1, -0.05) is 0 Å². The fourth-order valence-electron chi connectivity index (χ4n) is 2.18. The van der Waals surface area contributed by atoms with E-state index in [-0.39, 0.29) is 11.4 Å². The molecule has 0 aliphatic carbocycles. The van der Waals surface area contributed by atoms with Crippen LogP contribution in [-0.2, 0) is 5.54 Å². The van der Waals surface area contributed by atoms with Crippen molar-refractivity contribution < 1.29 is 4.79 Å². The van der Waals surface area contributed by atoms with Crippen LogP contribution in [0, 0.1) is 0 Å². The molecule has 0 unspecified atom stereocenters. The lowest BCUT2D eigenvalue weighted by atomic mass is 10.1. The second kappa shape index (κ2) is 6.04. The summed E-state index contributed by atoms with van der Waals surface area (Å²) in [6.45, 7) is 4.49. The number of carbonyl (C=O) groups is 1. The van der Waals surface area contributed by atoms with Crippen molar-refractivity contribution in [2.45, 2.75) is 19.4 Å². The Morgan fingerprint density at radius 2 is 2.09 bits per heavy atom. The Morgan fingerprint density at radius 1 is 1.22 bits per heavy atom. The van der Waals surface area contributed by atoms with Crippen LogP contribution in [0.5, 0.6) is 0 Å². The monoisotopic (exact) mass is 310 g/mol. The minimum atomic E-state index is -0.307. The fourth-order valence-corrected chi connectivity index (χ4v) is 2.18. The zero-order chi connectivity index (χ0) is 16.3. The van der Waals surface area contributed by atoms with Crippen LogP contribution < -0.4 is 5.32 Å². The molecule has 0 aliphatic heterocycles. The minimum Gasteiger partial charge on any atom is -0.350 e. The Balaban J connectivity index is 1.66. The van der Waals surface area contributed by atoms with Crippen LogP contribution >= 0.6 is 0 Å². The molecule has 23 heavy (non-hydrogen) atoms. The van der Waals surface area contributed by atoms with Crippen LogP contribution in [0.3, 0.4) is 0 Å². The summed E-state index contributed by atoms with van der Waals surface area (Å²) in [4.78, 5) is 16.3. The molecular weight excluding hydrogens is 292 g/mol. The molecule has 0 spiro atoms. The molecule has 1 amide bonds. The lowest BCUT2D eigenvalue weighted by Gasteiger charge is -2.25. The fraction of sp³-hybridized carbons (Fsp3) is 0.250. The zero-order valence-corrected chi connectivity index (χ0v) is 13.0. The first-order valence-electron chi connectivity index (χ1n) is 7.30. The van der Waals surface area contributed by atoms with Gasteiger partial charge in [0.15, 0.2) is 0 Å². The van der Waals surface area contributed by atoms with Crippen molar-refractivity contribution in [2.75, 3.05) is 6.54 Å². The number of nitrogens with zero attached hydrogens (tertiary/aromatic N) is 5. The van der Waals surface area contributed by atoms with Gasteiger partial charge in [-0.15, -0.1) is 0 Å². The Kier molecular flexibility index (Phi) is 3.92. The standard InChI is InChI=1S/C16H18N6O/c1-16(2,22-8-4-7-19-22)12-18-15(23)13-9-20-21(11-13)14-5-3-6-17-10-14/h3-11H,12H2,1-2H3,(H,18,23). The Morgan fingerprint density at radius 3 is 2.78 bits per heavy atom. The topological polar surface area (TPSA) is 77.6 Å². The van der Waals surface area contributed by atoms with Crippen LogP contribution in [-0.4, -0.2) is 37.0 Å². The third-order valence-corrected chi connectivity index (χ3v) is 3.56. The molecule has 0 radical (unpaired) electrons. The van der Waals surface area contributed by atoms with Gasteiger partial charge in [-0.05, 0) is 32.0 Å². The van der Waals surface area contributed by atoms with E-state index >= 15 is 0 Å². The molecule has 3 aromatic heterocycles. The van der Waals surface area contributed by atoms with E-state index in [2.05, 4.69) is 20.5 Å². The maximum atomic E-state index is 12.3. The first kappa shape index (κ1) is 15.0. The predicted molar refractivity (Wildman–Crippen MR) is 85.2 cm³/mol. The van der Waals surface area contributed by atoms with Gasteiger partial charge in [0.2, 0.25) is 0 Å². The highest BCUT2D eigenvalue weighted by molar-refractivity contribution is 5.93. The lowest BCUT2D eigenvalue weighted by molar-refractivity contribution is 0.0935. The molecule has 7 nitrogen and oxygen atoms in total. The van der Waals surface area contributed by atoms with Crippen molar-refractivity contribution in [3.05, 3.63) is 60.9 Å². The second-order valence-electron chi connectivity index (χ2n) is 5.83. The molecule has 0 aliphatic rings. The first-order valence-corrected chi connectivity index (χ1v) is 7.30. The van der Waals surface area contributed by atoms with Crippen LogP contribution in [0.2, 0.25) is 0 Å². The Bertz CT molecular complexity index is 776. The van der Waals surface area contributed by atoms with Crippen LogP contribution in [0.25, 0.3) is 5.69 Å². The molecule has 0 saturated carbocycles. The van der Waals surface area contributed by atoms with E-state index in [1.54, 1.807) is 35.7 Å². The van der Waals surface area contributed by atoms with Crippen molar-refractivity contribution in [3.8, 4) is 5.69 Å². The lowest BCUT2D eigenvalue weighted by Crippen LogP contribution is -2.41. The van der Waals surface area contributed by atoms with Gasteiger partial charge in [-0.3, -0.25) is 14.5 Å². The van der Waals surface area contributed by atoms with Gasteiger partial charge in [0.1, 0.15) is 0 Å². The summed E-state index contributed by atoms with van der Waals surface area (Å²) in [6, 6.07) is 5.56. The van der Waals surface area contributed by atoms with Gasteiger partial charge in [-0.25, -0.2) is 4.68 Å². The number of hydrogen-bond acceptors (Lipinski definition) is 4. The van der Waals surface area contributed by atoms with Crippen molar-refractivity contribution in [3.63, 3.8) is 0 Å². The average Bonchev–Trinajstić information content (AvgIpc) is 3.25. The van der Waals surface area contributed by atoms with E-state index in [9.17, 15) is 4.79 Å². The largest absolute Gasteiger partial charge is 0.350 e. The van der Waals surface area contributed by atoms with E-state index in [0.29, 0.717) is 12.1 Å². The average molecular weight is 310 g/mol. The molecular formula is C16H18N6O. The summed E-state index contributed by atoms with van der Waals surface area (Å²) in [5.41, 5.74) is 1.01. The van der Waals surface area contributed by atoms with Crippen molar-refractivity contribution in [1.82, 2.24) is 29.9 Å². The Labute approximate surface area is 134 Å². The van der Waals surface area contributed by atoms with Crippen molar-refractivity contribution in [2.24, 2.45) is 0 Å². The third-order valence-electron chi connectivity index (χ3n) is 3.56. The highest BCUT2D eigenvalue weighted by atomic mass is 16.1. The molecule has 3 heterocycles. The number of rotatable bonds is 5. The molecule has 0 atom stereocenters. The third kappa shape index (κ3) is 3.28. The van der Waals surface area contributed by atoms with Crippen LogP contribution in [0.1, 0.15) is 24.2 Å². The summed E-state index contributed by atoms with van der Waals surface area (Å²) in [5.74, 6) is -0.166. The molecule has 0 aromatic carbocycles. The summed E-state index contributed by atoms with van der Waals surface area (Å²) in [7, 11) is 0. The SMILES string of the molecule is CC(C)(CNC(=O)c1cnn(-c2cccnc2)c1)n1cccn1. The number of nitrogens with one attached hydrogen (secondary N) is 1. The van der Waals surface area contributed by atoms with E-state index in [1.807, 2.05) is 42.9 Å². The van der Waals surface area contributed by atoms with Gasteiger partial charge in [-0.2, -0.15) is 10.2 Å². The number of pyridine rings is 1. The van der Waals surface area contributed by atoms with Crippen molar-refractivity contribution >= 4 is 5.91 Å². The summed E-state index contributed by atoms with van der Waals surface area (Å²) in [6.07, 6.45) is 10.2. The minimum absolute atomic E-state index is 0.166. The second-order valence-corrected chi connectivity index (χ2v) is 5.83. The van der Waals surface area contributed by atoms with E-state index < -0.39 is 0 Å². The zero-order valence-electron chi connectivity index (χ0n) is 13.0. The van der Waals surface area contributed by atoms with Crippen molar-refractivity contribution in [1.29, 1.82) is 0 Å². The number of aromatic nitrogens is 5. The molecule has 118 valence electrons. The number of carbonyl (C=O) groups excluding carboxylic acids is 1. The molecule has 3 rings (SSSR count). The summed E-state index contributed by atoms with van der Waals surface area (Å²) < 4.78 is 3.45. The Hall–Kier alpha value is -2.96. The highest BCUT2D eigenvalue weighted by Crippen LogP contribution is 2.12. The van der Waals surface area contributed by atoms with Gasteiger partial charge in [0.05, 0.1) is 29.2 Å². The normalized spacial score (nSPS) is 11.4.